The number of hydrogen-bond acceptors (Lipinski definition) is 7. The Hall–Kier alpha value is -4.32. The number of ether oxygens (including phenoxy) is 3. The fraction of sp³-hybridized carbons (Fsp3) is 0.394. The van der Waals surface area contributed by atoms with Crippen LogP contribution in [0.15, 0.2) is 71.6 Å². The van der Waals surface area contributed by atoms with Crippen LogP contribution in [0.2, 0.25) is 0 Å². The van der Waals surface area contributed by atoms with Crippen molar-refractivity contribution in [3.05, 3.63) is 78.1 Å². The van der Waals surface area contributed by atoms with Gasteiger partial charge in [-0.3, -0.25) is 13.9 Å². The van der Waals surface area contributed by atoms with Crippen LogP contribution >= 0.6 is 0 Å². The third kappa shape index (κ3) is 8.87. The molecule has 0 aliphatic rings. The Morgan fingerprint density at radius 2 is 1.53 bits per heavy atom. The third-order valence-corrected chi connectivity index (χ3v) is 9.08. The summed E-state index contributed by atoms with van der Waals surface area (Å²) < 4.78 is 59.3. The maximum absolute atomic E-state index is 14.2. The lowest BCUT2D eigenvalue weighted by atomic mass is 10.1. The van der Waals surface area contributed by atoms with Gasteiger partial charge in [-0.1, -0.05) is 26.0 Å². The van der Waals surface area contributed by atoms with Crippen molar-refractivity contribution >= 4 is 27.5 Å². The van der Waals surface area contributed by atoms with E-state index in [1.807, 2.05) is 20.8 Å². The number of sulfonamides is 1. The first-order valence-corrected chi connectivity index (χ1v) is 16.2. The van der Waals surface area contributed by atoms with Crippen LogP contribution in [0.25, 0.3) is 0 Å². The number of amides is 2. The summed E-state index contributed by atoms with van der Waals surface area (Å²) in [5, 5.41) is 2.93. The van der Waals surface area contributed by atoms with Crippen LogP contribution in [0.5, 0.6) is 17.2 Å². The molecule has 0 aromatic heterocycles. The average Bonchev–Trinajstić information content (AvgIpc) is 3.04. The molecular formula is C33H42FN3O7S. The highest BCUT2D eigenvalue weighted by Gasteiger charge is 2.34. The summed E-state index contributed by atoms with van der Waals surface area (Å²) in [6, 6.07) is 15.0. The highest BCUT2D eigenvalue weighted by molar-refractivity contribution is 7.92. The lowest BCUT2D eigenvalue weighted by Gasteiger charge is -2.33. The highest BCUT2D eigenvalue weighted by atomic mass is 32.2. The Kier molecular flexibility index (Phi) is 12.6. The van der Waals surface area contributed by atoms with Crippen molar-refractivity contribution in [2.75, 3.05) is 31.7 Å². The van der Waals surface area contributed by atoms with Gasteiger partial charge in [0.2, 0.25) is 11.8 Å². The SMILES string of the molecule is CCOc1ccc(N(CC(=O)N(Cc2ccc(F)cc2)[C@@H](CC)C(=O)N[C@@H](C)CC)S(=O)(=O)c2ccc(OC)c(OC)c2)cc1. The molecule has 0 saturated heterocycles. The van der Waals surface area contributed by atoms with Crippen LogP contribution in [-0.4, -0.2) is 64.6 Å². The molecule has 2 amide bonds. The molecular weight excluding hydrogens is 601 g/mol. The minimum absolute atomic E-state index is 0.0426. The van der Waals surface area contributed by atoms with Gasteiger partial charge in [-0.25, -0.2) is 12.8 Å². The van der Waals surface area contributed by atoms with E-state index in [4.69, 9.17) is 14.2 Å². The smallest absolute Gasteiger partial charge is 0.264 e. The van der Waals surface area contributed by atoms with E-state index in [2.05, 4.69) is 5.32 Å². The Morgan fingerprint density at radius 3 is 2.09 bits per heavy atom. The summed E-state index contributed by atoms with van der Waals surface area (Å²) in [7, 11) is -1.53. The van der Waals surface area contributed by atoms with Crippen molar-refractivity contribution in [1.29, 1.82) is 0 Å². The molecule has 0 aliphatic carbocycles. The molecule has 0 bridgehead atoms. The van der Waals surface area contributed by atoms with Crippen molar-refractivity contribution in [3.63, 3.8) is 0 Å². The fourth-order valence-electron chi connectivity index (χ4n) is 4.66. The number of anilines is 1. The third-order valence-electron chi connectivity index (χ3n) is 7.31. The number of carbonyl (C=O) groups is 2. The van der Waals surface area contributed by atoms with Gasteiger partial charge < -0.3 is 24.4 Å². The monoisotopic (exact) mass is 643 g/mol. The molecule has 12 heteroatoms. The van der Waals surface area contributed by atoms with Gasteiger partial charge >= 0.3 is 0 Å². The number of rotatable bonds is 16. The minimum atomic E-state index is -4.36. The first kappa shape index (κ1) is 35.2. The Labute approximate surface area is 265 Å². The van der Waals surface area contributed by atoms with Crippen LogP contribution in [0.1, 0.15) is 46.1 Å². The molecule has 0 unspecified atom stereocenters. The van der Waals surface area contributed by atoms with Gasteiger partial charge in [0.15, 0.2) is 11.5 Å². The molecule has 3 aromatic carbocycles. The summed E-state index contributed by atoms with van der Waals surface area (Å²) in [4.78, 5) is 28.8. The topological polar surface area (TPSA) is 114 Å². The fourth-order valence-corrected chi connectivity index (χ4v) is 6.09. The molecule has 0 radical (unpaired) electrons. The number of hydrogen-bond donors (Lipinski definition) is 1. The van der Waals surface area contributed by atoms with E-state index in [1.165, 1.54) is 61.6 Å². The zero-order valence-corrected chi connectivity index (χ0v) is 27.4. The maximum atomic E-state index is 14.2. The van der Waals surface area contributed by atoms with E-state index in [0.29, 0.717) is 30.1 Å². The molecule has 244 valence electrons. The largest absolute Gasteiger partial charge is 0.494 e. The van der Waals surface area contributed by atoms with Crippen LogP contribution in [0, 0.1) is 5.82 Å². The van der Waals surface area contributed by atoms with E-state index in [9.17, 15) is 22.4 Å². The van der Waals surface area contributed by atoms with Crippen LogP contribution in [0.3, 0.4) is 0 Å². The molecule has 0 aliphatic heterocycles. The molecule has 3 rings (SSSR count). The van der Waals surface area contributed by atoms with Crippen molar-refractivity contribution < 1.29 is 36.6 Å². The van der Waals surface area contributed by atoms with Crippen LogP contribution < -0.4 is 23.8 Å². The standard InChI is InChI=1S/C33H42FN3O7S/c1-7-23(4)35-33(39)29(8-2)36(21-24-10-12-25(34)13-11-24)32(38)22-37(26-14-16-27(17-15-26)44-9-3)45(40,41)28-18-19-30(42-5)31(20-28)43-6/h10-20,23,29H,7-9,21-22H2,1-6H3,(H,35,39)/t23-,29-/m0/s1. The van der Waals surface area contributed by atoms with E-state index >= 15 is 0 Å². The molecule has 45 heavy (non-hydrogen) atoms. The van der Waals surface area contributed by atoms with Gasteiger partial charge in [-0.05, 0) is 80.8 Å². The predicted octanol–water partition coefficient (Wildman–Crippen LogP) is 5.16. The molecule has 2 atom stereocenters. The number of nitrogens with zero attached hydrogens (tertiary/aromatic N) is 2. The molecule has 0 heterocycles. The van der Waals surface area contributed by atoms with E-state index < -0.39 is 34.3 Å². The van der Waals surface area contributed by atoms with Gasteiger partial charge in [-0.15, -0.1) is 0 Å². The van der Waals surface area contributed by atoms with Crippen molar-refractivity contribution in [2.24, 2.45) is 0 Å². The summed E-state index contributed by atoms with van der Waals surface area (Å²) in [5.74, 6) is -0.366. The van der Waals surface area contributed by atoms with Gasteiger partial charge in [0.05, 0.1) is 31.4 Å². The van der Waals surface area contributed by atoms with Crippen LogP contribution in [0.4, 0.5) is 10.1 Å². The molecule has 0 fully saturated rings. The first-order valence-electron chi connectivity index (χ1n) is 14.8. The van der Waals surface area contributed by atoms with Crippen molar-refractivity contribution in [3.8, 4) is 17.2 Å². The quantitative estimate of drug-likeness (QED) is 0.229. The highest BCUT2D eigenvalue weighted by Crippen LogP contribution is 2.33. The Morgan fingerprint density at radius 1 is 0.889 bits per heavy atom. The lowest BCUT2D eigenvalue weighted by molar-refractivity contribution is -0.140. The lowest BCUT2D eigenvalue weighted by Crippen LogP contribution is -2.53. The van der Waals surface area contributed by atoms with Gasteiger partial charge in [0.25, 0.3) is 10.0 Å². The zero-order chi connectivity index (χ0) is 33.1. The number of carbonyl (C=O) groups excluding carboxylic acids is 2. The molecule has 10 nitrogen and oxygen atoms in total. The molecule has 0 spiro atoms. The summed E-state index contributed by atoms with van der Waals surface area (Å²) in [5.41, 5.74) is 0.787. The summed E-state index contributed by atoms with van der Waals surface area (Å²) in [6.45, 7) is 7.15. The number of nitrogens with one attached hydrogen (secondary N) is 1. The second-order valence-corrected chi connectivity index (χ2v) is 12.2. The average molecular weight is 644 g/mol. The Balaban J connectivity index is 2.11. The van der Waals surface area contributed by atoms with E-state index in [-0.39, 0.29) is 41.2 Å². The van der Waals surface area contributed by atoms with Gasteiger partial charge in [0, 0.05) is 18.7 Å². The van der Waals surface area contributed by atoms with Gasteiger partial charge in [-0.2, -0.15) is 0 Å². The van der Waals surface area contributed by atoms with E-state index in [1.54, 1.807) is 31.2 Å². The second kappa shape index (κ2) is 16.1. The predicted molar refractivity (Wildman–Crippen MR) is 171 cm³/mol. The number of benzene rings is 3. The minimum Gasteiger partial charge on any atom is -0.494 e. The molecule has 1 N–H and O–H groups in total. The van der Waals surface area contributed by atoms with Crippen LogP contribution in [-0.2, 0) is 26.2 Å². The Bertz CT molecular complexity index is 1530. The summed E-state index contributed by atoms with van der Waals surface area (Å²) in [6.07, 6.45) is 0.948. The van der Waals surface area contributed by atoms with Crippen molar-refractivity contribution in [1.82, 2.24) is 10.2 Å². The number of halogens is 1. The van der Waals surface area contributed by atoms with Crippen molar-refractivity contribution in [2.45, 2.75) is 64.1 Å². The molecule has 3 aromatic rings. The first-order chi connectivity index (χ1) is 21.5. The number of methoxy groups -OCH3 is 2. The molecule has 0 saturated carbocycles. The maximum Gasteiger partial charge on any atom is 0.264 e. The van der Waals surface area contributed by atoms with Gasteiger partial charge in [0.1, 0.15) is 24.2 Å². The normalized spacial score (nSPS) is 12.5. The second-order valence-electron chi connectivity index (χ2n) is 10.3. The zero-order valence-electron chi connectivity index (χ0n) is 26.6. The van der Waals surface area contributed by atoms with E-state index in [0.717, 1.165) is 4.31 Å². The summed E-state index contributed by atoms with van der Waals surface area (Å²) >= 11 is 0.